The van der Waals surface area contributed by atoms with Gasteiger partial charge in [0, 0.05) is 19.0 Å². The van der Waals surface area contributed by atoms with E-state index >= 15 is 0 Å². The van der Waals surface area contributed by atoms with Crippen molar-refractivity contribution < 1.29 is 9.72 Å². The van der Waals surface area contributed by atoms with Crippen LogP contribution in [0.15, 0.2) is 12.3 Å². The van der Waals surface area contributed by atoms with Crippen LogP contribution in [0.25, 0.3) is 0 Å². The molecule has 0 spiro atoms. The topological polar surface area (TPSA) is 65.1 Å². The Bertz CT molecular complexity index is 367. The van der Waals surface area contributed by atoms with E-state index in [2.05, 4.69) is 0 Å². The molecule has 2 rings (SSSR count). The second kappa shape index (κ2) is 2.17. The van der Waals surface area contributed by atoms with Crippen molar-refractivity contribution in [3.8, 4) is 0 Å². The van der Waals surface area contributed by atoms with Crippen LogP contribution >= 0.6 is 0 Å². The highest BCUT2D eigenvalue weighted by atomic mass is 16.6. The average Bonchev–Trinajstić information content (AvgIpc) is 2.53. The Kier molecular flexibility index (Phi) is 1.27. The smallest absolute Gasteiger partial charge is 0.287 e. The summed E-state index contributed by atoms with van der Waals surface area (Å²) in [5.41, 5.74) is 0.458. The summed E-state index contributed by atoms with van der Waals surface area (Å²) in [5, 5.41) is 10.3. The lowest BCUT2D eigenvalue weighted by molar-refractivity contribution is -0.384. The molecule has 12 heavy (non-hydrogen) atoms. The van der Waals surface area contributed by atoms with Gasteiger partial charge in [-0.1, -0.05) is 0 Å². The molecule has 0 N–H and O–H groups in total. The van der Waals surface area contributed by atoms with Crippen molar-refractivity contribution in [1.29, 1.82) is 0 Å². The molecule has 2 heterocycles. The molecule has 0 radical (unpaired) electrons. The Labute approximate surface area is 67.8 Å². The molecule has 1 aliphatic rings. The van der Waals surface area contributed by atoms with Gasteiger partial charge in [0.1, 0.15) is 0 Å². The number of nitrogens with zero attached hydrogens (tertiary/aromatic N) is 2. The largest absolute Gasteiger partial charge is 0.338 e. The number of aromatic nitrogens is 1. The van der Waals surface area contributed by atoms with Crippen LogP contribution in [0.3, 0.4) is 0 Å². The Hall–Kier alpha value is -1.65. The molecular formula is C7H6N2O3. The van der Waals surface area contributed by atoms with Gasteiger partial charge in [-0.15, -0.1) is 0 Å². The Morgan fingerprint density at radius 3 is 2.92 bits per heavy atom. The SMILES string of the molecule is O=C1CCn2cc([N+](=O)[O-])cc21. The van der Waals surface area contributed by atoms with Crippen molar-refractivity contribution in [2.24, 2.45) is 0 Å². The molecule has 5 heteroatoms. The molecule has 0 amide bonds. The highest BCUT2D eigenvalue weighted by molar-refractivity contribution is 5.97. The molecule has 1 aromatic rings. The van der Waals surface area contributed by atoms with Crippen LogP contribution in [0.4, 0.5) is 5.69 Å². The molecule has 0 aliphatic carbocycles. The summed E-state index contributed by atoms with van der Waals surface area (Å²) in [6, 6.07) is 1.33. The second-order valence-electron chi connectivity index (χ2n) is 2.71. The molecule has 1 aliphatic heterocycles. The maximum absolute atomic E-state index is 11.1. The molecule has 0 bridgehead atoms. The van der Waals surface area contributed by atoms with E-state index in [1.165, 1.54) is 12.3 Å². The van der Waals surface area contributed by atoms with Crippen molar-refractivity contribution >= 4 is 11.5 Å². The molecule has 0 saturated carbocycles. The number of ketones is 1. The third-order valence-corrected chi connectivity index (χ3v) is 1.96. The zero-order chi connectivity index (χ0) is 8.72. The van der Waals surface area contributed by atoms with E-state index in [-0.39, 0.29) is 11.5 Å². The first-order valence-electron chi connectivity index (χ1n) is 3.56. The monoisotopic (exact) mass is 166 g/mol. The molecule has 5 nitrogen and oxygen atoms in total. The summed E-state index contributed by atoms with van der Waals surface area (Å²) in [4.78, 5) is 20.9. The van der Waals surface area contributed by atoms with Gasteiger partial charge < -0.3 is 4.57 Å². The lowest BCUT2D eigenvalue weighted by Gasteiger charge is -1.88. The van der Waals surface area contributed by atoms with Gasteiger partial charge in [0.05, 0.1) is 16.8 Å². The fourth-order valence-corrected chi connectivity index (χ4v) is 1.37. The summed E-state index contributed by atoms with van der Waals surface area (Å²) >= 11 is 0. The summed E-state index contributed by atoms with van der Waals surface area (Å²) in [6.45, 7) is 0.571. The highest BCUT2D eigenvalue weighted by Gasteiger charge is 2.23. The number of hydrogen-bond acceptors (Lipinski definition) is 3. The third kappa shape index (κ3) is 0.827. The van der Waals surface area contributed by atoms with Gasteiger partial charge in [-0.25, -0.2) is 0 Å². The lowest BCUT2D eigenvalue weighted by atomic mass is 10.2. The molecule has 0 fully saturated rings. The number of nitro groups is 1. The fourth-order valence-electron chi connectivity index (χ4n) is 1.37. The number of carbonyl (C=O) groups is 1. The second-order valence-corrected chi connectivity index (χ2v) is 2.71. The fraction of sp³-hybridized carbons (Fsp3) is 0.286. The van der Waals surface area contributed by atoms with E-state index in [9.17, 15) is 14.9 Å². The molecule has 62 valence electrons. The Morgan fingerprint density at radius 2 is 2.33 bits per heavy atom. The Morgan fingerprint density at radius 1 is 1.58 bits per heavy atom. The van der Waals surface area contributed by atoms with E-state index in [1.807, 2.05) is 0 Å². The normalized spacial score (nSPS) is 14.8. The van der Waals surface area contributed by atoms with Gasteiger partial charge >= 0.3 is 0 Å². The maximum Gasteiger partial charge on any atom is 0.287 e. The van der Waals surface area contributed by atoms with Crippen LogP contribution in [0, 0.1) is 10.1 Å². The van der Waals surface area contributed by atoms with Gasteiger partial charge in [0.15, 0.2) is 5.78 Å². The van der Waals surface area contributed by atoms with Crippen LogP contribution < -0.4 is 0 Å². The third-order valence-electron chi connectivity index (χ3n) is 1.96. The molecule has 0 unspecified atom stereocenters. The van der Waals surface area contributed by atoms with Crippen LogP contribution in [-0.2, 0) is 6.54 Å². The Balaban J connectivity index is 2.49. The first-order chi connectivity index (χ1) is 5.68. The first-order valence-corrected chi connectivity index (χ1v) is 3.56. The van der Waals surface area contributed by atoms with Crippen molar-refractivity contribution in [3.05, 3.63) is 28.1 Å². The van der Waals surface area contributed by atoms with Crippen LogP contribution in [-0.4, -0.2) is 15.3 Å². The van der Waals surface area contributed by atoms with E-state index in [1.54, 1.807) is 4.57 Å². The number of fused-ring (bicyclic) bond motifs is 1. The number of carbonyl (C=O) groups excluding carboxylic acids is 1. The quantitative estimate of drug-likeness (QED) is 0.461. The molecule has 0 saturated heterocycles. The van der Waals surface area contributed by atoms with Gasteiger partial charge in [0.2, 0.25) is 0 Å². The lowest BCUT2D eigenvalue weighted by Crippen LogP contribution is -1.90. The summed E-state index contributed by atoms with van der Waals surface area (Å²) in [7, 11) is 0. The van der Waals surface area contributed by atoms with Gasteiger partial charge in [-0.2, -0.15) is 0 Å². The minimum atomic E-state index is -0.487. The molecular weight excluding hydrogens is 160 g/mol. The van der Waals surface area contributed by atoms with E-state index in [0.717, 1.165) is 0 Å². The number of rotatable bonds is 1. The van der Waals surface area contributed by atoms with Crippen molar-refractivity contribution in [1.82, 2.24) is 4.57 Å². The zero-order valence-electron chi connectivity index (χ0n) is 6.19. The van der Waals surface area contributed by atoms with Gasteiger partial charge in [0.25, 0.3) is 5.69 Å². The van der Waals surface area contributed by atoms with Gasteiger partial charge in [-0.3, -0.25) is 14.9 Å². The summed E-state index contributed by atoms with van der Waals surface area (Å²) in [6.07, 6.45) is 1.87. The number of hydrogen-bond donors (Lipinski definition) is 0. The number of Topliss-reactive ketones (excluding diaryl/α,β-unsaturated/α-hetero) is 1. The summed E-state index contributed by atoms with van der Waals surface area (Å²) < 4.78 is 1.63. The minimum absolute atomic E-state index is 0.00181. The van der Waals surface area contributed by atoms with E-state index in [0.29, 0.717) is 18.7 Å². The highest BCUT2D eigenvalue weighted by Crippen LogP contribution is 2.22. The van der Waals surface area contributed by atoms with Crippen molar-refractivity contribution in [2.75, 3.05) is 0 Å². The predicted molar refractivity (Wildman–Crippen MR) is 40.0 cm³/mol. The van der Waals surface area contributed by atoms with Crippen molar-refractivity contribution in [2.45, 2.75) is 13.0 Å². The van der Waals surface area contributed by atoms with E-state index in [4.69, 9.17) is 0 Å². The first kappa shape index (κ1) is 7.02. The van der Waals surface area contributed by atoms with Crippen LogP contribution in [0.1, 0.15) is 16.9 Å². The standard InChI is InChI=1S/C7H6N2O3/c10-7-1-2-8-4-5(9(11)12)3-6(7)8/h3-4H,1-2H2. The zero-order valence-corrected chi connectivity index (χ0v) is 6.19. The average molecular weight is 166 g/mol. The summed E-state index contributed by atoms with van der Waals surface area (Å²) in [5.74, 6) is -0.0110. The molecule has 1 aromatic heterocycles. The minimum Gasteiger partial charge on any atom is -0.338 e. The van der Waals surface area contributed by atoms with E-state index < -0.39 is 4.92 Å². The number of aryl methyl sites for hydroxylation is 1. The van der Waals surface area contributed by atoms with Crippen LogP contribution in [0.2, 0.25) is 0 Å². The predicted octanol–water partition coefficient (Wildman–Crippen LogP) is 0.983. The van der Waals surface area contributed by atoms with Crippen LogP contribution in [0.5, 0.6) is 0 Å². The molecule has 0 atom stereocenters. The van der Waals surface area contributed by atoms with Gasteiger partial charge in [-0.05, 0) is 0 Å². The molecule has 0 aromatic carbocycles. The van der Waals surface area contributed by atoms with Crippen molar-refractivity contribution in [3.63, 3.8) is 0 Å². The maximum atomic E-state index is 11.1.